The standard InChI is InChI=1S/C16H23BrN2O2/c1-12-10-18(11-13(2)19(12)8-9-21-3)16(20)14-6-4-5-7-15(14)17/h4-7,12-13H,8-11H2,1-3H3. The highest BCUT2D eigenvalue weighted by molar-refractivity contribution is 9.10. The van der Waals surface area contributed by atoms with Crippen molar-refractivity contribution < 1.29 is 9.53 Å². The molecule has 1 aliphatic rings. The van der Waals surface area contributed by atoms with E-state index < -0.39 is 0 Å². The van der Waals surface area contributed by atoms with E-state index in [2.05, 4.69) is 34.7 Å². The molecule has 2 unspecified atom stereocenters. The van der Waals surface area contributed by atoms with Gasteiger partial charge in [0.15, 0.2) is 0 Å². The molecule has 1 aromatic rings. The fourth-order valence-corrected chi connectivity index (χ4v) is 3.42. The van der Waals surface area contributed by atoms with E-state index in [-0.39, 0.29) is 5.91 Å². The van der Waals surface area contributed by atoms with Crippen LogP contribution in [0.25, 0.3) is 0 Å². The zero-order chi connectivity index (χ0) is 15.4. The molecule has 5 heteroatoms. The lowest BCUT2D eigenvalue weighted by Gasteiger charge is -2.44. The molecule has 1 amide bonds. The molecule has 116 valence electrons. The van der Waals surface area contributed by atoms with Crippen molar-refractivity contribution in [1.29, 1.82) is 0 Å². The largest absolute Gasteiger partial charge is 0.383 e. The van der Waals surface area contributed by atoms with Gasteiger partial charge in [0.1, 0.15) is 0 Å². The number of piperazine rings is 1. The van der Waals surface area contributed by atoms with Gasteiger partial charge < -0.3 is 9.64 Å². The molecular formula is C16H23BrN2O2. The highest BCUT2D eigenvalue weighted by Crippen LogP contribution is 2.22. The molecule has 2 rings (SSSR count). The van der Waals surface area contributed by atoms with E-state index in [1.54, 1.807) is 7.11 Å². The van der Waals surface area contributed by atoms with Gasteiger partial charge in [-0.1, -0.05) is 12.1 Å². The summed E-state index contributed by atoms with van der Waals surface area (Å²) in [4.78, 5) is 17.1. The van der Waals surface area contributed by atoms with Crippen LogP contribution in [-0.2, 0) is 4.74 Å². The van der Waals surface area contributed by atoms with Gasteiger partial charge in [0.05, 0.1) is 12.2 Å². The molecular weight excluding hydrogens is 332 g/mol. The minimum atomic E-state index is 0.104. The Hall–Kier alpha value is -0.910. The Morgan fingerprint density at radius 3 is 2.48 bits per heavy atom. The van der Waals surface area contributed by atoms with Crippen LogP contribution >= 0.6 is 15.9 Å². The Kier molecular flexibility index (Phi) is 5.79. The molecule has 0 bridgehead atoms. The molecule has 0 spiro atoms. The summed E-state index contributed by atoms with van der Waals surface area (Å²) >= 11 is 3.47. The third kappa shape index (κ3) is 3.84. The van der Waals surface area contributed by atoms with E-state index in [0.29, 0.717) is 12.1 Å². The average Bonchev–Trinajstić information content (AvgIpc) is 2.46. The van der Waals surface area contributed by atoms with E-state index in [1.807, 2.05) is 29.2 Å². The smallest absolute Gasteiger partial charge is 0.255 e. The van der Waals surface area contributed by atoms with E-state index in [0.717, 1.165) is 36.3 Å². The van der Waals surface area contributed by atoms with Crippen LogP contribution in [-0.4, -0.2) is 61.1 Å². The first-order valence-electron chi connectivity index (χ1n) is 7.33. The van der Waals surface area contributed by atoms with E-state index >= 15 is 0 Å². The van der Waals surface area contributed by atoms with Crippen LogP contribution in [0.1, 0.15) is 24.2 Å². The molecule has 1 heterocycles. The first-order valence-corrected chi connectivity index (χ1v) is 8.12. The maximum absolute atomic E-state index is 12.7. The molecule has 1 aromatic carbocycles. The number of benzene rings is 1. The first-order chi connectivity index (χ1) is 10.0. The molecule has 1 saturated heterocycles. The Morgan fingerprint density at radius 1 is 1.29 bits per heavy atom. The van der Waals surface area contributed by atoms with Crippen molar-refractivity contribution in [2.24, 2.45) is 0 Å². The Morgan fingerprint density at radius 2 is 1.90 bits per heavy atom. The third-order valence-corrected chi connectivity index (χ3v) is 4.74. The Balaban J connectivity index is 2.07. The molecule has 1 fully saturated rings. The predicted molar refractivity (Wildman–Crippen MR) is 87.6 cm³/mol. The quantitative estimate of drug-likeness (QED) is 0.833. The Bertz CT molecular complexity index is 483. The number of ether oxygens (including phenoxy) is 1. The molecule has 0 N–H and O–H groups in total. The van der Waals surface area contributed by atoms with Crippen LogP contribution in [0.15, 0.2) is 28.7 Å². The molecule has 0 saturated carbocycles. The molecule has 2 atom stereocenters. The summed E-state index contributed by atoms with van der Waals surface area (Å²) in [7, 11) is 1.72. The van der Waals surface area contributed by atoms with E-state index in [4.69, 9.17) is 4.74 Å². The summed E-state index contributed by atoms with van der Waals surface area (Å²) in [6.07, 6.45) is 0. The number of nitrogens with zero attached hydrogens (tertiary/aromatic N) is 2. The zero-order valence-corrected chi connectivity index (χ0v) is 14.5. The van der Waals surface area contributed by atoms with Crippen molar-refractivity contribution in [3.05, 3.63) is 34.3 Å². The van der Waals surface area contributed by atoms with Gasteiger partial charge >= 0.3 is 0 Å². The van der Waals surface area contributed by atoms with Gasteiger partial charge in [-0.3, -0.25) is 9.69 Å². The summed E-state index contributed by atoms with van der Waals surface area (Å²) in [5, 5.41) is 0. The van der Waals surface area contributed by atoms with Crippen molar-refractivity contribution >= 4 is 21.8 Å². The van der Waals surface area contributed by atoms with Gasteiger partial charge in [0.25, 0.3) is 5.91 Å². The van der Waals surface area contributed by atoms with Crippen molar-refractivity contribution in [3.63, 3.8) is 0 Å². The fraction of sp³-hybridized carbons (Fsp3) is 0.562. The minimum Gasteiger partial charge on any atom is -0.383 e. The SMILES string of the molecule is COCCN1C(C)CN(C(=O)c2ccccc2Br)CC1C. The molecule has 0 aliphatic carbocycles. The number of amides is 1. The minimum absolute atomic E-state index is 0.104. The van der Waals surface area contributed by atoms with Crippen LogP contribution in [0, 0.1) is 0 Å². The van der Waals surface area contributed by atoms with Crippen LogP contribution in [0.2, 0.25) is 0 Å². The number of carbonyl (C=O) groups is 1. The lowest BCUT2D eigenvalue weighted by molar-refractivity contribution is 0.0193. The van der Waals surface area contributed by atoms with Gasteiger partial charge in [-0.05, 0) is 41.9 Å². The van der Waals surface area contributed by atoms with Crippen molar-refractivity contribution in [2.75, 3.05) is 33.4 Å². The lowest BCUT2D eigenvalue weighted by Crippen LogP contribution is -2.58. The van der Waals surface area contributed by atoms with Gasteiger partial charge in [0, 0.05) is 43.3 Å². The lowest BCUT2D eigenvalue weighted by atomic mass is 10.1. The second-order valence-corrected chi connectivity index (χ2v) is 6.47. The van der Waals surface area contributed by atoms with E-state index in [9.17, 15) is 4.79 Å². The average molecular weight is 355 g/mol. The zero-order valence-electron chi connectivity index (χ0n) is 12.9. The normalized spacial score (nSPS) is 23.3. The third-order valence-electron chi connectivity index (χ3n) is 4.05. The first kappa shape index (κ1) is 16.5. The molecule has 0 aromatic heterocycles. The monoisotopic (exact) mass is 354 g/mol. The van der Waals surface area contributed by atoms with Gasteiger partial charge in [-0.2, -0.15) is 0 Å². The van der Waals surface area contributed by atoms with Crippen LogP contribution in [0.3, 0.4) is 0 Å². The van der Waals surface area contributed by atoms with Crippen molar-refractivity contribution in [2.45, 2.75) is 25.9 Å². The summed E-state index contributed by atoms with van der Waals surface area (Å²) in [6, 6.07) is 8.30. The van der Waals surface area contributed by atoms with E-state index in [1.165, 1.54) is 0 Å². The van der Waals surface area contributed by atoms with Gasteiger partial charge in [0.2, 0.25) is 0 Å². The van der Waals surface area contributed by atoms with Gasteiger partial charge in [-0.25, -0.2) is 0 Å². The van der Waals surface area contributed by atoms with Crippen molar-refractivity contribution in [1.82, 2.24) is 9.80 Å². The van der Waals surface area contributed by atoms with Crippen molar-refractivity contribution in [3.8, 4) is 0 Å². The second kappa shape index (κ2) is 7.38. The summed E-state index contributed by atoms with van der Waals surface area (Å²) in [5.74, 6) is 0.104. The number of hydrogen-bond donors (Lipinski definition) is 0. The highest BCUT2D eigenvalue weighted by Gasteiger charge is 2.32. The number of methoxy groups -OCH3 is 1. The Labute approximate surface area is 135 Å². The summed E-state index contributed by atoms with van der Waals surface area (Å²) in [6.45, 7) is 7.50. The van der Waals surface area contributed by atoms with Crippen LogP contribution in [0.5, 0.6) is 0 Å². The number of carbonyl (C=O) groups excluding carboxylic acids is 1. The fourth-order valence-electron chi connectivity index (χ4n) is 2.96. The number of rotatable bonds is 4. The second-order valence-electron chi connectivity index (χ2n) is 5.62. The topological polar surface area (TPSA) is 32.8 Å². The van der Waals surface area contributed by atoms with Crippen LogP contribution in [0.4, 0.5) is 0 Å². The van der Waals surface area contributed by atoms with Gasteiger partial charge in [-0.15, -0.1) is 0 Å². The molecule has 0 radical (unpaired) electrons. The number of halogens is 1. The number of hydrogen-bond acceptors (Lipinski definition) is 3. The maximum atomic E-state index is 12.7. The summed E-state index contributed by atoms with van der Waals surface area (Å²) < 4.78 is 6.03. The molecule has 4 nitrogen and oxygen atoms in total. The highest BCUT2D eigenvalue weighted by atomic mass is 79.9. The predicted octanol–water partition coefficient (Wildman–Crippen LogP) is 2.63. The molecule has 21 heavy (non-hydrogen) atoms. The molecule has 1 aliphatic heterocycles. The maximum Gasteiger partial charge on any atom is 0.255 e. The van der Waals surface area contributed by atoms with Crippen LogP contribution < -0.4 is 0 Å². The summed E-state index contributed by atoms with van der Waals surface area (Å²) in [5.41, 5.74) is 0.738.